The molecule has 0 aromatic heterocycles. The number of methoxy groups -OCH3 is 2. The summed E-state index contributed by atoms with van der Waals surface area (Å²) in [5.41, 5.74) is 3.51. The average molecular weight is 362 g/mol. The lowest BCUT2D eigenvalue weighted by Crippen LogP contribution is -2.19. The van der Waals surface area contributed by atoms with Crippen molar-refractivity contribution in [1.29, 1.82) is 0 Å². The molecule has 0 aliphatic carbocycles. The molecule has 0 spiro atoms. The standard InChI is InChI=1S/C14H19NO2S4/c1-15(2)10-8-6-7-20-14(18)9(8)13(21-19-5)12(17-4)11(10)16-3/h6-7H2,1-5H3. The lowest BCUT2D eigenvalue weighted by molar-refractivity contribution is 0.348. The van der Waals surface area contributed by atoms with Crippen LogP contribution in [0.5, 0.6) is 11.5 Å². The van der Waals surface area contributed by atoms with Gasteiger partial charge in [-0.05, 0) is 18.2 Å². The Morgan fingerprint density at radius 2 is 1.86 bits per heavy atom. The van der Waals surface area contributed by atoms with E-state index in [4.69, 9.17) is 21.7 Å². The van der Waals surface area contributed by atoms with Crippen LogP contribution in [-0.4, -0.2) is 44.5 Å². The highest BCUT2D eigenvalue weighted by atomic mass is 33.1. The number of thiocarbonyl (C=S) groups is 1. The fraction of sp³-hybridized carbons (Fsp3) is 0.500. The number of rotatable bonds is 5. The molecule has 1 aliphatic rings. The molecule has 21 heavy (non-hydrogen) atoms. The van der Waals surface area contributed by atoms with Gasteiger partial charge in [-0.3, -0.25) is 0 Å². The first-order chi connectivity index (χ1) is 10.1. The van der Waals surface area contributed by atoms with Crippen LogP contribution in [0.3, 0.4) is 0 Å². The highest BCUT2D eigenvalue weighted by molar-refractivity contribution is 8.76. The summed E-state index contributed by atoms with van der Waals surface area (Å²) >= 11 is 7.37. The number of ether oxygens (including phenoxy) is 2. The van der Waals surface area contributed by atoms with Gasteiger partial charge in [0.15, 0.2) is 11.5 Å². The molecule has 0 radical (unpaired) electrons. The van der Waals surface area contributed by atoms with Crippen LogP contribution < -0.4 is 14.4 Å². The molecule has 1 aromatic carbocycles. The Morgan fingerprint density at radius 3 is 2.38 bits per heavy atom. The van der Waals surface area contributed by atoms with Crippen molar-refractivity contribution < 1.29 is 9.47 Å². The van der Waals surface area contributed by atoms with E-state index in [9.17, 15) is 0 Å². The average Bonchev–Trinajstić information content (AvgIpc) is 2.46. The largest absolute Gasteiger partial charge is 0.492 e. The summed E-state index contributed by atoms with van der Waals surface area (Å²) in [5.74, 6) is 2.60. The quantitative estimate of drug-likeness (QED) is 0.574. The summed E-state index contributed by atoms with van der Waals surface area (Å²) in [4.78, 5) is 3.17. The summed E-state index contributed by atoms with van der Waals surface area (Å²) in [5, 5.41) is 0. The number of fused-ring (bicyclic) bond motifs is 1. The predicted octanol–water partition coefficient (Wildman–Crippen LogP) is 4.10. The van der Waals surface area contributed by atoms with Crippen molar-refractivity contribution in [3.05, 3.63) is 11.1 Å². The van der Waals surface area contributed by atoms with Gasteiger partial charge in [-0.2, -0.15) is 0 Å². The van der Waals surface area contributed by atoms with Gasteiger partial charge in [-0.1, -0.05) is 33.8 Å². The molecule has 3 nitrogen and oxygen atoms in total. The van der Waals surface area contributed by atoms with Crippen LogP contribution in [-0.2, 0) is 6.42 Å². The third-order valence-electron chi connectivity index (χ3n) is 3.25. The highest BCUT2D eigenvalue weighted by Gasteiger charge is 2.30. The monoisotopic (exact) mass is 361 g/mol. The SMILES string of the molecule is COc1c(OC)c(N(C)C)c2c(c1SSC)C(=S)SCC2. The van der Waals surface area contributed by atoms with Crippen molar-refractivity contribution in [2.45, 2.75) is 11.3 Å². The van der Waals surface area contributed by atoms with Crippen LogP contribution >= 0.6 is 45.6 Å². The molecule has 2 rings (SSSR count). The number of anilines is 1. The normalized spacial score (nSPS) is 13.9. The zero-order chi connectivity index (χ0) is 15.6. The summed E-state index contributed by atoms with van der Waals surface area (Å²) in [6, 6.07) is 0. The molecule has 0 unspecified atom stereocenters. The van der Waals surface area contributed by atoms with Crippen LogP contribution in [0.4, 0.5) is 5.69 Å². The molecule has 0 saturated heterocycles. The lowest BCUT2D eigenvalue weighted by Gasteiger charge is -2.29. The van der Waals surface area contributed by atoms with E-state index in [-0.39, 0.29) is 0 Å². The number of hydrogen-bond acceptors (Lipinski definition) is 7. The fourth-order valence-electron chi connectivity index (χ4n) is 2.50. The van der Waals surface area contributed by atoms with Crippen LogP contribution in [0.1, 0.15) is 11.1 Å². The van der Waals surface area contributed by atoms with Crippen molar-refractivity contribution in [2.24, 2.45) is 0 Å². The molecular formula is C14H19NO2S4. The molecule has 0 atom stereocenters. The van der Waals surface area contributed by atoms with Gasteiger partial charge in [0.1, 0.15) is 0 Å². The van der Waals surface area contributed by atoms with Crippen LogP contribution in [0.25, 0.3) is 0 Å². The van der Waals surface area contributed by atoms with Crippen molar-refractivity contribution in [2.75, 3.05) is 45.2 Å². The van der Waals surface area contributed by atoms with Crippen molar-refractivity contribution >= 4 is 55.5 Å². The first-order valence-corrected chi connectivity index (χ1v) is 10.4. The Morgan fingerprint density at radius 1 is 1.19 bits per heavy atom. The zero-order valence-corrected chi connectivity index (χ0v) is 16.1. The Hall–Kier alpha value is -0.240. The number of nitrogens with zero attached hydrogens (tertiary/aromatic N) is 1. The molecule has 0 amide bonds. The van der Waals surface area contributed by atoms with E-state index >= 15 is 0 Å². The van der Waals surface area contributed by atoms with Gasteiger partial charge in [0.2, 0.25) is 0 Å². The van der Waals surface area contributed by atoms with E-state index in [1.165, 1.54) is 5.56 Å². The molecule has 116 valence electrons. The van der Waals surface area contributed by atoms with Crippen molar-refractivity contribution in [3.63, 3.8) is 0 Å². The zero-order valence-electron chi connectivity index (χ0n) is 12.8. The van der Waals surface area contributed by atoms with Crippen LogP contribution in [0.2, 0.25) is 0 Å². The van der Waals surface area contributed by atoms with E-state index < -0.39 is 0 Å². The topological polar surface area (TPSA) is 21.7 Å². The van der Waals surface area contributed by atoms with Gasteiger partial charge >= 0.3 is 0 Å². The number of hydrogen-bond donors (Lipinski definition) is 0. The minimum Gasteiger partial charge on any atom is -0.492 e. The Kier molecular flexibility index (Phi) is 5.99. The van der Waals surface area contributed by atoms with Gasteiger partial charge in [-0.25, -0.2) is 0 Å². The molecule has 0 fully saturated rings. The first kappa shape index (κ1) is 17.1. The van der Waals surface area contributed by atoms with E-state index in [1.54, 1.807) is 47.6 Å². The van der Waals surface area contributed by atoms with Gasteiger partial charge in [-0.15, -0.1) is 11.8 Å². The Bertz CT molecular complexity index is 561. The first-order valence-electron chi connectivity index (χ1n) is 6.42. The molecular weight excluding hydrogens is 342 g/mol. The lowest BCUT2D eigenvalue weighted by atomic mass is 10.0. The summed E-state index contributed by atoms with van der Waals surface area (Å²) < 4.78 is 12.3. The van der Waals surface area contributed by atoms with E-state index in [0.717, 1.165) is 44.0 Å². The van der Waals surface area contributed by atoms with E-state index in [2.05, 4.69) is 11.2 Å². The van der Waals surface area contributed by atoms with Crippen LogP contribution in [0, 0.1) is 0 Å². The summed E-state index contributed by atoms with van der Waals surface area (Å²) in [6.45, 7) is 0. The third-order valence-corrected chi connectivity index (χ3v) is 6.41. The second kappa shape index (κ2) is 7.35. The van der Waals surface area contributed by atoms with Gasteiger partial charge in [0.05, 0.1) is 29.0 Å². The van der Waals surface area contributed by atoms with Gasteiger partial charge < -0.3 is 14.4 Å². The van der Waals surface area contributed by atoms with Crippen LogP contribution in [0.15, 0.2) is 4.90 Å². The molecule has 0 N–H and O–H groups in total. The number of thioether (sulfide) groups is 1. The Labute approximate surface area is 143 Å². The minimum atomic E-state index is 0.782. The fourth-order valence-corrected chi connectivity index (χ4v) is 5.67. The highest BCUT2D eigenvalue weighted by Crippen LogP contribution is 2.53. The van der Waals surface area contributed by atoms with Gasteiger partial charge in [0.25, 0.3) is 0 Å². The second-order valence-corrected chi connectivity index (χ2v) is 8.81. The molecule has 7 heteroatoms. The summed E-state index contributed by atoms with van der Waals surface area (Å²) in [7, 11) is 10.8. The maximum Gasteiger partial charge on any atom is 0.185 e. The Balaban J connectivity index is 2.85. The second-order valence-electron chi connectivity index (χ2n) is 4.63. The van der Waals surface area contributed by atoms with Crippen molar-refractivity contribution in [1.82, 2.24) is 0 Å². The third kappa shape index (κ3) is 3.11. The predicted molar refractivity (Wildman–Crippen MR) is 101 cm³/mol. The smallest absolute Gasteiger partial charge is 0.185 e. The van der Waals surface area contributed by atoms with E-state index in [0.29, 0.717) is 0 Å². The maximum absolute atomic E-state index is 5.68. The minimum absolute atomic E-state index is 0.782. The molecule has 0 saturated carbocycles. The van der Waals surface area contributed by atoms with Crippen molar-refractivity contribution in [3.8, 4) is 11.5 Å². The van der Waals surface area contributed by atoms with E-state index in [1.807, 2.05) is 14.1 Å². The van der Waals surface area contributed by atoms with Gasteiger partial charge in [0, 0.05) is 25.4 Å². The molecule has 1 heterocycles. The summed E-state index contributed by atoms with van der Waals surface area (Å²) in [6.07, 6.45) is 3.05. The molecule has 1 aliphatic heterocycles. The molecule has 1 aromatic rings. The number of benzene rings is 1. The molecule has 0 bridgehead atoms. The maximum atomic E-state index is 5.68.